The number of nitrogens with two attached hydrogens (primary N) is 1. The van der Waals surface area contributed by atoms with Crippen LogP contribution >= 0.6 is 0 Å². The summed E-state index contributed by atoms with van der Waals surface area (Å²) in [6, 6.07) is 8.70. The highest BCUT2D eigenvalue weighted by Gasteiger charge is 2.51. The van der Waals surface area contributed by atoms with E-state index in [-0.39, 0.29) is 5.41 Å². The molecule has 2 N–H and O–H groups in total. The van der Waals surface area contributed by atoms with Crippen LogP contribution in [0.5, 0.6) is 5.75 Å². The van der Waals surface area contributed by atoms with E-state index in [1.807, 2.05) is 6.07 Å². The average Bonchev–Trinajstić information content (AvgIpc) is 2.37. The van der Waals surface area contributed by atoms with Crippen LogP contribution in [-0.2, 0) is 0 Å². The summed E-state index contributed by atoms with van der Waals surface area (Å²) in [4.78, 5) is 0. The maximum absolute atomic E-state index is 6.26. The average molecular weight is 233 g/mol. The molecule has 0 radical (unpaired) electrons. The van der Waals surface area contributed by atoms with Gasteiger partial charge in [-0.15, -0.1) is 0 Å². The first-order valence-corrected chi connectivity index (χ1v) is 6.58. The van der Waals surface area contributed by atoms with Gasteiger partial charge in [-0.1, -0.05) is 32.0 Å². The van der Waals surface area contributed by atoms with E-state index in [0.717, 1.165) is 25.0 Å². The van der Waals surface area contributed by atoms with E-state index >= 15 is 0 Å². The fourth-order valence-corrected chi connectivity index (χ4v) is 3.48. The molecule has 17 heavy (non-hydrogen) atoms. The quantitative estimate of drug-likeness (QED) is 0.866. The molecule has 1 saturated carbocycles. The molecule has 0 aromatic heterocycles. The second-order valence-corrected chi connectivity index (χ2v) is 5.08. The van der Waals surface area contributed by atoms with E-state index in [0.29, 0.717) is 12.0 Å². The van der Waals surface area contributed by atoms with E-state index in [1.165, 1.54) is 5.56 Å². The Balaban J connectivity index is 2.35. The molecular weight excluding hydrogens is 210 g/mol. The van der Waals surface area contributed by atoms with Gasteiger partial charge in [0.1, 0.15) is 5.75 Å². The predicted octanol–water partition coefficient (Wildman–Crippen LogP) is 3.32. The molecule has 2 nitrogen and oxygen atoms in total. The molecule has 2 heteroatoms. The third-order valence-corrected chi connectivity index (χ3v) is 4.75. The Morgan fingerprint density at radius 3 is 2.47 bits per heavy atom. The lowest BCUT2D eigenvalue weighted by atomic mass is 9.52. The van der Waals surface area contributed by atoms with Crippen LogP contribution in [0.3, 0.4) is 0 Å². The van der Waals surface area contributed by atoms with Gasteiger partial charge in [0.25, 0.3) is 0 Å². The molecule has 2 atom stereocenters. The van der Waals surface area contributed by atoms with Crippen LogP contribution in [0.2, 0.25) is 0 Å². The largest absolute Gasteiger partial charge is 0.496 e. The van der Waals surface area contributed by atoms with Crippen molar-refractivity contribution in [3.63, 3.8) is 0 Å². The van der Waals surface area contributed by atoms with Crippen LogP contribution in [0.4, 0.5) is 0 Å². The third-order valence-electron chi connectivity index (χ3n) is 4.75. The molecule has 94 valence electrons. The highest BCUT2D eigenvalue weighted by Crippen LogP contribution is 2.57. The van der Waals surface area contributed by atoms with Crippen molar-refractivity contribution in [2.45, 2.75) is 45.1 Å². The van der Waals surface area contributed by atoms with Gasteiger partial charge < -0.3 is 10.5 Å². The zero-order valence-corrected chi connectivity index (χ0v) is 11.1. The lowest BCUT2D eigenvalue weighted by molar-refractivity contribution is 0.0424. The van der Waals surface area contributed by atoms with Crippen LogP contribution in [0.1, 0.15) is 44.6 Å². The Hall–Kier alpha value is -1.02. The maximum atomic E-state index is 6.26. The zero-order valence-electron chi connectivity index (χ0n) is 11.1. The third kappa shape index (κ3) is 1.75. The van der Waals surface area contributed by atoms with Gasteiger partial charge >= 0.3 is 0 Å². The van der Waals surface area contributed by atoms with Gasteiger partial charge in [-0.25, -0.2) is 0 Å². The zero-order chi connectivity index (χ0) is 12.5. The van der Waals surface area contributed by atoms with Crippen molar-refractivity contribution >= 4 is 0 Å². The molecule has 1 aromatic carbocycles. The molecule has 2 unspecified atom stereocenters. The number of rotatable bonds is 4. The molecule has 1 aliphatic carbocycles. The Labute approximate surface area is 104 Å². The van der Waals surface area contributed by atoms with Crippen molar-refractivity contribution in [2.24, 2.45) is 11.1 Å². The first-order valence-electron chi connectivity index (χ1n) is 6.58. The number of hydrogen-bond acceptors (Lipinski definition) is 2. The molecule has 0 spiro atoms. The number of benzene rings is 1. The van der Waals surface area contributed by atoms with Crippen LogP contribution in [0.15, 0.2) is 24.3 Å². The van der Waals surface area contributed by atoms with Crippen molar-refractivity contribution in [1.29, 1.82) is 0 Å². The lowest BCUT2D eigenvalue weighted by Crippen LogP contribution is -2.55. The maximum Gasteiger partial charge on any atom is 0.122 e. The minimum absolute atomic E-state index is 0.272. The van der Waals surface area contributed by atoms with Crippen LogP contribution in [-0.4, -0.2) is 13.2 Å². The summed E-state index contributed by atoms with van der Waals surface area (Å²) in [7, 11) is 1.75. The van der Waals surface area contributed by atoms with E-state index in [2.05, 4.69) is 32.0 Å². The van der Waals surface area contributed by atoms with Gasteiger partial charge in [0.15, 0.2) is 0 Å². The van der Waals surface area contributed by atoms with Crippen molar-refractivity contribution in [3.8, 4) is 5.75 Å². The SMILES string of the molecule is CCC1(CC)C(N)CC1c1ccccc1OC. The van der Waals surface area contributed by atoms with E-state index in [9.17, 15) is 0 Å². The predicted molar refractivity (Wildman–Crippen MR) is 71.3 cm³/mol. The summed E-state index contributed by atoms with van der Waals surface area (Å²) in [5.74, 6) is 1.57. The number of methoxy groups -OCH3 is 1. The first-order chi connectivity index (χ1) is 8.19. The van der Waals surface area contributed by atoms with E-state index in [4.69, 9.17) is 10.5 Å². The highest BCUT2D eigenvalue weighted by molar-refractivity contribution is 5.40. The Bertz CT molecular complexity index is 384. The molecule has 2 rings (SSSR count). The fourth-order valence-electron chi connectivity index (χ4n) is 3.48. The van der Waals surface area contributed by atoms with Crippen LogP contribution < -0.4 is 10.5 Å². The highest BCUT2D eigenvalue weighted by atomic mass is 16.5. The molecular formula is C15H23NO. The normalized spacial score (nSPS) is 26.4. The van der Waals surface area contributed by atoms with Gasteiger partial charge in [0.2, 0.25) is 0 Å². The fraction of sp³-hybridized carbons (Fsp3) is 0.600. The summed E-state index contributed by atoms with van der Waals surface area (Å²) in [6.45, 7) is 4.51. The topological polar surface area (TPSA) is 35.2 Å². The minimum atomic E-state index is 0.272. The molecule has 0 saturated heterocycles. The summed E-state index contributed by atoms with van der Waals surface area (Å²) in [5, 5.41) is 0. The second-order valence-electron chi connectivity index (χ2n) is 5.08. The van der Waals surface area contributed by atoms with E-state index in [1.54, 1.807) is 7.11 Å². The minimum Gasteiger partial charge on any atom is -0.496 e. The smallest absolute Gasteiger partial charge is 0.122 e. The van der Waals surface area contributed by atoms with E-state index < -0.39 is 0 Å². The Morgan fingerprint density at radius 1 is 1.29 bits per heavy atom. The van der Waals surface area contributed by atoms with Crippen molar-refractivity contribution < 1.29 is 4.74 Å². The van der Waals surface area contributed by atoms with Gasteiger partial charge in [0.05, 0.1) is 7.11 Å². The van der Waals surface area contributed by atoms with Gasteiger partial charge in [0, 0.05) is 6.04 Å². The second kappa shape index (κ2) is 4.69. The Morgan fingerprint density at radius 2 is 1.94 bits per heavy atom. The summed E-state index contributed by atoms with van der Waals surface area (Å²) in [6.07, 6.45) is 3.38. The van der Waals surface area contributed by atoms with Crippen molar-refractivity contribution in [2.75, 3.05) is 7.11 Å². The summed E-state index contributed by atoms with van der Waals surface area (Å²) in [5.41, 5.74) is 7.86. The lowest BCUT2D eigenvalue weighted by Gasteiger charge is -2.55. The Kier molecular flexibility index (Phi) is 3.43. The standard InChI is InChI=1S/C15H23NO/c1-4-15(5-2)12(10-14(15)16)11-8-6-7-9-13(11)17-3/h6-9,12,14H,4-5,10,16H2,1-3H3. The number of ether oxygens (including phenoxy) is 1. The van der Waals surface area contributed by atoms with Gasteiger partial charge in [-0.2, -0.15) is 0 Å². The molecule has 0 bridgehead atoms. The molecule has 1 aromatic rings. The van der Waals surface area contributed by atoms with Gasteiger partial charge in [-0.3, -0.25) is 0 Å². The summed E-state index contributed by atoms with van der Waals surface area (Å²) >= 11 is 0. The molecule has 1 aliphatic rings. The van der Waals surface area contributed by atoms with Crippen LogP contribution in [0.25, 0.3) is 0 Å². The van der Waals surface area contributed by atoms with Crippen molar-refractivity contribution in [1.82, 2.24) is 0 Å². The van der Waals surface area contributed by atoms with Gasteiger partial charge in [-0.05, 0) is 42.2 Å². The molecule has 0 amide bonds. The molecule has 1 fully saturated rings. The summed E-state index contributed by atoms with van der Waals surface area (Å²) < 4.78 is 5.48. The monoisotopic (exact) mass is 233 g/mol. The first kappa shape index (κ1) is 12.4. The molecule has 0 heterocycles. The molecule has 0 aliphatic heterocycles. The van der Waals surface area contributed by atoms with Crippen molar-refractivity contribution in [3.05, 3.63) is 29.8 Å². The number of para-hydroxylation sites is 1. The van der Waals surface area contributed by atoms with Crippen LogP contribution in [0, 0.1) is 5.41 Å². The number of hydrogen-bond donors (Lipinski definition) is 1.